The van der Waals surface area contributed by atoms with Crippen molar-refractivity contribution in [2.45, 2.75) is 19.9 Å². The van der Waals surface area contributed by atoms with Crippen LogP contribution in [0.3, 0.4) is 0 Å². The second-order valence-electron chi connectivity index (χ2n) is 3.74. The molecule has 0 aromatic heterocycles. The highest BCUT2D eigenvalue weighted by molar-refractivity contribution is 4.85. The van der Waals surface area contributed by atoms with E-state index in [4.69, 9.17) is 4.74 Å². The lowest BCUT2D eigenvalue weighted by molar-refractivity contribution is -0.00682. The normalized spacial score (nSPS) is 18.8. The van der Waals surface area contributed by atoms with E-state index >= 15 is 0 Å². The van der Waals surface area contributed by atoms with Crippen LogP contribution in [0.25, 0.3) is 0 Å². The predicted molar refractivity (Wildman–Crippen MR) is 54.4 cm³/mol. The number of ether oxygens (including phenoxy) is 1. The van der Waals surface area contributed by atoms with Crippen LogP contribution < -0.4 is 0 Å². The molecule has 0 spiro atoms. The summed E-state index contributed by atoms with van der Waals surface area (Å²) in [4.78, 5) is 4.66. The fourth-order valence-corrected chi connectivity index (χ4v) is 1.40. The molecule has 1 fully saturated rings. The molecule has 0 bridgehead atoms. The van der Waals surface area contributed by atoms with Crippen LogP contribution >= 0.6 is 0 Å². The first-order valence-electron chi connectivity index (χ1n) is 4.84. The highest BCUT2D eigenvalue weighted by Crippen LogP contribution is 2.12. The van der Waals surface area contributed by atoms with E-state index < -0.39 is 0 Å². The molecule has 0 aliphatic carbocycles. The number of rotatable bonds is 5. The van der Waals surface area contributed by atoms with E-state index in [9.17, 15) is 0 Å². The molecule has 1 heterocycles. The van der Waals surface area contributed by atoms with Crippen LogP contribution in [0, 0.1) is 0 Å². The fraction of sp³-hybridized carbons (Fsp3) is 0.800. The molecule has 0 N–H and O–H groups in total. The van der Waals surface area contributed by atoms with Gasteiger partial charge in [0.1, 0.15) is 6.73 Å². The first kappa shape index (κ1) is 10.5. The minimum absolute atomic E-state index is 0.664. The minimum Gasteiger partial charge on any atom is -0.483 e. The van der Waals surface area contributed by atoms with Gasteiger partial charge in [-0.2, -0.15) is 0 Å². The summed E-state index contributed by atoms with van der Waals surface area (Å²) in [5, 5.41) is 0. The molecule has 13 heavy (non-hydrogen) atoms. The maximum Gasteiger partial charge on any atom is 0.141 e. The fourth-order valence-electron chi connectivity index (χ4n) is 1.40. The molecule has 0 aromatic rings. The minimum atomic E-state index is 0.664. The highest BCUT2D eigenvalue weighted by Gasteiger charge is 2.28. The van der Waals surface area contributed by atoms with Gasteiger partial charge in [-0.15, -0.1) is 0 Å². The Morgan fingerprint density at radius 1 is 1.62 bits per heavy atom. The standard InChI is InChI=1S/C10H20N2O/c1-5-12-6-10(7-12)11(4)8-13-9(2)3/h10H,2,5-8H2,1,3-4H3. The van der Waals surface area contributed by atoms with E-state index in [2.05, 4.69) is 30.4 Å². The molecule has 0 atom stereocenters. The van der Waals surface area contributed by atoms with E-state index in [-0.39, 0.29) is 0 Å². The SMILES string of the molecule is C=C(C)OCN(C)C1CN(CC)C1. The van der Waals surface area contributed by atoms with E-state index in [1.807, 2.05) is 6.92 Å². The van der Waals surface area contributed by atoms with Crippen LogP contribution in [0.15, 0.2) is 12.3 Å². The van der Waals surface area contributed by atoms with Gasteiger partial charge in [0.2, 0.25) is 0 Å². The van der Waals surface area contributed by atoms with Crippen LogP contribution in [-0.4, -0.2) is 49.3 Å². The zero-order chi connectivity index (χ0) is 9.84. The molecule has 76 valence electrons. The maximum atomic E-state index is 5.34. The largest absolute Gasteiger partial charge is 0.483 e. The number of nitrogens with zero attached hydrogens (tertiary/aromatic N) is 2. The Balaban J connectivity index is 2.12. The molecule has 0 radical (unpaired) electrons. The van der Waals surface area contributed by atoms with Gasteiger partial charge in [-0.25, -0.2) is 0 Å². The quantitative estimate of drug-likeness (QED) is 0.470. The zero-order valence-electron chi connectivity index (χ0n) is 8.92. The average molecular weight is 184 g/mol. The summed E-state index contributed by atoms with van der Waals surface area (Å²) in [5.74, 6) is 0.790. The third kappa shape index (κ3) is 3.01. The summed E-state index contributed by atoms with van der Waals surface area (Å²) >= 11 is 0. The summed E-state index contributed by atoms with van der Waals surface area (Å²) in [7, 11) is 2.10. The molecular formula is C10H20N2O. The van der Waals surface area contributed by atoms with Crippen molar-refractivity contribution >= 4 is 0 Å². The third-order valence-electron chi connectivity index (χ3n) is 2.52. The highest BCUT2D eigenvalue weighted by atomic mass is 16.5. The number of hydrogen-bond donors (Lipinski definition) is 0. The Morgan fingerprint density at radius 3 is 2.69 bits per heavy atom. The van der Waals surface area contributed by atoms with Crippen molar-refractivity contribution in [3.05, 3.63) is 12.3 Å². The van der Waals surface area contributed by atoms with Crippen molar-refractivity contribution in [3.63, 3.8) is 0 Å². The van der Waals surface area contributed by atoms with E-state index in [1.165, 1.54) is 13.1 Å². The second-order valence-corrected chi connectivity index (χ2v) is 3.74. The van der Waals surface area contributed by atoms with Crippen LogP contribution in [0.2, 0.25) is 0 Å². The van der Waals surface area contributed by atoms with E-state index in [0.717, 1.165) is 12.3 Å². The van der Waals surface area contributed by atoms with E-state index in [0.29, 0.717) is 12.8 Å². The zero-order valence-corrected chi connectivity index (χ0v) is 8.92. The Labute approximate surface area is 81.0 Å². The molecule has 0 saturated carbocycles. The third-order valence-corrected chi connectivity index (χ3v) is 2.52. The lowest BCUT2D eigenvalue weighted by atomic mass is 10.1. The van der Waals surface area contributed by atoms with Gasteiger partial charge in [0, 0.05) is 19.1 Å². The average Bonchev–Trinajstić information content (AvgIpc) is 1.99. The number of hydrogen-bond acceptors (Lipinski definition) is 3. The summed E-state index contributed by atoms with van der Waals surface area (Å²) in [6, 6.07) is 0.666. The van der Waals surface area contributed by atoms with Gasteiger partial charge in [0.25, 0.3) is 0 Å². The molecule has 1 saturated heterocycles. The van der Waals surface area contributed by atoms with Crippen LogP contribution in [0.1, 0.15) is 13.8 Å². The molecule has 3 nitrogen and oxygen atoms in total. The molecule has 0 aromatic carbocycles. The van der Waals surface area contributed by atoms with Crippen molar-refractivity contribution in [3.8, 4) is 0 Å². The number of likely N-dealkylation sites (N-methyl/N-ethyl adjacent to an activating group) is 2. The molecule has 0 unspecified atom stereocenters. The van der Waals surface area contributed by atoms with Crippen molar-refractivity contribution in [2.24, 2.45) is 0 Å². The van der Waals surface area contributed by atoms with Crippen LogP contribution in [-0.2, 0) is 4.74 Å². The van der Waals surface area contributed by atoms with Gasteiger partial charge >= 0.3 is 0 Å². The monoisotopic (exact) mass is 184 g/mol. The molecule has 1 aliphatic rings. The Bertz CT molecular complexity index is 176. The first-order chi connectivity index (χ1) is 6.13. The number of allylic oxidation sites excluding steroid dienone is 1. The predicted octanol–water partition coefficient (Wildman–Crippen LogP) is 1.13. The van der Waals surface area contributed by atoms with Crippen molar-refractivity contribution in [2.75, 3.05) is 33.4 Å². The molecule has 0 amide bonds. The van der Waals surface area contributed by atoms with Crippen LogP contribution in [0.4, 0.5) is 0 Å². The maximum absolute atomic E-state index is 5.34. The van der Waals surface area contributed by atoms with Gasteiger partial charge in [0.05, 0.1) is 5.76 Å². The van der Waals surface area contributed by atoms with Gasteiger partial charge in [-0.05, 0) is 20.5 Å². The smallest absolute Gasteiger partial charge is 0.141 e. The summed E-state index contributed by atoms with van der Waals surface area (Å²) in [6.45, 7) is 11.9. The number of likely N-dealkylation sites (tertiary alicyclic amines) is 1. The van der Waals surface area contributed by atoms with Crippen molar-refractivity contribution < 1.29 is 4.74 Å². The van der Waals surface area contributed by atoms with Gasteiger partial charge < -0.3 is 9.64 Å². The summed E-state index contributed by atoms with van der Waals surface area (Å²) in [6.07, 6.45) is 0. The molecule has 1 aliphatic heterocycles. The molecular weight excluding hydrogens is 164 g/mol. The molecule has 3 heteroatoms. The lowest BCUT2D eigenvalue weighted by Crippen LogP contribution is -2.58. The van der Waals surface area contributed by atoms with Gasteiger partial charge in [-0.1, -0.05) is 13.5 Å². The Morgan fingerprint density at radius 2 is 2.23 bits per heavy atom. The van der Waals surface area contributed by atoms with Gasteiger partial charge in [0.15, 0.2) is 0 Å². The van der Waals surface area contributed by atoms with E-state index in [1.54, 1.807) is 0 Å². The summed E-state index contributed by atoms with van der Waals surface area (Å²) < 4.78 is 5.34. The summed E-state index contributed by atoms with van der Waals surface area (Å²) in [5.41, 5.74) is 0. The topological polar surface area (TPSA) is 15.7 Å². The van der Waals surface area contributed by atoms with Crippen molar-refractivity contribution in [1.82, 2.24) is 9.80 Å². The molecule has 1 rings (SSSR count). The first-order valence-corrected chi connectivity index (χ1v) is 4.84. The van der Waals surface area contributed by atoms with Gasteiger partial charge in [-0.3, -0.25) is 4.90 Å². The lowest BCUT2D eigenvalue weighted by Gasteiger charge is -2.43. The Kier molecular flexibility index (Phi) is 3.75. The second kappa shape index (κ2) is 4.63. The van der Waals surface area contributed by atoms with Crippen molar-refractivity contribution in [1.29, 1.82) is 0 Å². The Hall–Kier alpha value is -0.540. The van der Waals surface area contributed by atoms with Crippen LogP contribution in [0.5, 0.6) is 0 Å².